The molecule has 0 saturated carbocycles. The molecule has 3 heteroatoms. The number of carboxylic acid groups (broad SMARTS) is 1. The number of aliphatic hydroxyl groups excluding tert-OH is 1. The van der Waals surface area contributed by atoms with E-state index in [4.69, 9.17) is 5.11 Å². The van der Waals surface area contributed by atoms with Gasteiger partial charge in [-0.3, -0.25) is 0 Å². The quantitative estimate of drug-likeness (QED) is 0.450. The van der Waals surface area contributed by atoms with E-state index in [0.717, 1.165) is 0 Å². The predicted octanol–water partition coefficient (Wildman–Crippen LogP) is 2.62. The van der Waals surface area contributed by atoms with Crippen molar-refractivity contribution < 1.29 is 15.0 Å². The van der Waals surface area contributed by atoms with Crippen molar-refractivity contribution in [3.05, 3.63) is 54.1 Å². The molecule has 78 valence electrons. The number of aliphatic carboxylic acids is 1. The maximum Gasteiger partial charge on any atom is 0.335 e. The van der Waals surface area contributed by atoms with Gasteiger partial charge in [-0.05, 0) is 0 Å². The molecular weight excluding hydrogens is 192 g/mol. The molecule has 1 rings (SSSR count). The second kappa shape index (κ2) is 5.00. The van der Waals surface area contributed by atoms with Crippen LogP contribution in [0.25, 0.3) is 5.76 Å². The lowest BCUT2D eigenvalue weighted by Crippen LogP contribution is -2.03. The van der Waals surface area contributed by atoms with E-state index in [2.05, 4.69) is 6.58 Å². The van der Waals surface area contributed by atoms with Gasteiger partial charge in [0.2, 0.25) is 0 Å². The van der Waals surface area contributed by atoms with Crippen LogP contribution in [0, 0.1) is 0 Å². The smallest absolute Gasteiger partial charge is 0.335 e. The summed E-state index contributed by atoms with van der Waals surface area (Å²) in [6.07, 6.45) is 1.58. The highest BCUT2D eigenvalue weighted by Crippen LogP contribution is 2.18. The number of carboxylic acids is 1. The van der Waals surface area contributed by atoms with Crippen molar-refractivity contribution >= 4 is 11.7 Å². The molecule has 0 atom stereocenters. The second-order valence-electron chi connectivity index (χ2n) is 2.99. The van der Waals surface area contributed by atoms with Crippen LogP contribution < -0.4 is 0 Å². The number of hydrogen-bond acceptors (Lipinski definition) is 2. The van der Waals surface area contributed by atoms with Crippen LogP contribution in [0.3, 0.4) is 0 Å². The van der Waals surface area contributed by atoms with E-state index in [9.17, 15) is 9.90 Å². The van der Waals surface area contributed by atoms with Gasteiger partial charge >= 0.3 is 5.97 Å². The fourth-order valence-corrected chi connectivity index (χ4v) is 1.20. The van der Waals surface area contributed by atoms with Gasteiger partial charge in [0.1, 0.15) is 5.76 Å². The Morgan fingerprint density at radius 1 is 1.27 bits per heavy atom. The third kappa shape index (κ3) is 2.71. The molecule has 0 fully saturated rings. The zero-order chi connectivity index (χ0) is 11.3. The van der Waals surface area contributed by atoms with E-state index in [-0.39, 0.29) is 17.8 Å². The SMILES string of the molecule is C=CCC(C(=O)O)=C(O)c1ccccc1. The van der Waals surface area contributed by atoms with Crippen molar-refractivity contribution in [2.45, 2.75) is 6.42 Å². The van der Waals surface area contributed by atoms with E-state index in [0.29, 0.717) is 5.56 Å². The summed E-state index contributed by atoms with van der Waals surface area (Å²) in [6, 6.07) is 8.57. The molecule has 0 aliphatic carbocycles. The highest BCUT2D eigenvalue weighted by Gasteiger charge is 2.13. The molecule has 15 heavy (non-hydrogen) atoms. The minimum atomic E-state index is -1.13. The molecule has 0 aromatic heterocycles. The van der Waals surface area contributed by atoms with Crippen LogP contribution in [-0.2, 0) is 4.79 Å². The second-order valence-corrected chi connectivity index (χ2v) is 2.99. The Hall–Kier alpha value is -2.03. The Labute approximate surface area is 88.0 Å². The van der Waals surface area contributed by atoms with E-state index < -0.39 is 5.97 Å². The van der Waals surface area contributed by atoms with Gasteiger partial charge in [0.05, 0.1) is 5.57 Å². The topological polar surface area (TPSA) is 57.5 Å². The van der Waals surface area contributed by atoms with Crippen LogP contribution >= 0.6 is 0 Å². The molecule has 0 amide bonds. The molecule has 0 bridgehead atoms. The van der Waals surface area contributed by atoms with Crippen LogP contribution in [0.2, 0.25) is 0 Å². The zero-order valence-corrected chi connectivity index (χ0v) is 8.18. The lowest BCUT2D eigenvalue weighted by atomic mass is 10.1. The summed E-state index contributed by atoms with van der Waals surface area (Å²) in [7, 11) is 0. The molecule has 0 aliphatic rings. The van der Waals surface area contributed by atoms with E-state index in [1.165, 1.54) is 6.08 Å². The summed E-state index contributed by atoms with van der Waals surface area (Å²) >= 11 is 0. The van der Waals surface area contributed by atoms with Gasteiger partial charge in [-0.1, -0.05) is 36.4 Å². The van der Waals surface area contributed by atoms with Crippen molar-refractivity contribution in [2.75, 3.05) is 0 Å². The molecule has 0 unspecified atom stereocenters. The van der Waals surface area contributed by atoms with Gasteiger partial charge in [0, 0.05) is 12.0 Å². The number of benzene rings is 1. The van der Waals surface area contributed by atoms with Crippen LogP contribution in [0.5, 0.6) is 0 Å². The Bertz CT molecular complexity index is 391. The van der Waals surface area contributed by atoms with E-state index in [1.807, 2.05) is 0 Å². The molecular formula is C12H12O3. The van der Waals surface area contributed by atoms with E-state index >= 15 is 0 Å². The molecule has 0 aliphatic heterocycles. The van der Waals surface area contributed by atoms with Crippen LogP contribution in [-0.4, -0.2) is 16.2 Å². The average molecular weight is 204 g/mol. The Kier molecular flexibility index (Phi) is 3.68. The third-order valence-corrected chi connectivity index (χ3v) is 1.94. The van der Waals surface area contributed by atoms with Crippen molar-refractivity contribution in [2.24, 2.45) is 0 Å². The van der Waals surface area contributed by atoms with Crippen molar-refractivity contribution in [1.82, 2.24) is 0 Å². The minimum Gasteiger partial charge on any atom is -0.507 e. The van der Waals surface area contributed by atoms with Gasteiger partial charge in [0.15, 0.2) is 0 Å². The van der Waals surface area contributed by atoms with Crippen LogP contribution in [0.1, 0.15) is 12.0 Å². The maximum absolute atomic E-state index is 10.8. The van der Waals surface area contributed by atoms with Gasteiger partial charge in [0.25, 0.3) is 0 Å². The van der Waals surface area contributed by atoms with E-state index in [1.54, 1.807) is 30.3 Å². The largest absolute Gasteiger partial charge is 0.507 e. The fraction of sp³-hybridized carbons (Fsp3) is 0.0833. The summed E-state index contributed by atoms with van der Waals surface area (Å²) in [4.78, 5) is 10.8. The normalized spacial score (nSPS) is 11.7. The first kappa shape index (κ1) is 11.0. The molecule has 0 saturated heterocycles. The van der Waals surface area contributed by atoms with Crippen molar-refractivity contribution in [3.63, 3.8) is 0 Å². The predicted molar refractivity (Wildman–Crippen MR) is 58.4 cm³/mol. The monoisotopic (exact) mass is 204 g/mol. The molecule has 0 heterocycles. The fourth-order valence-electron chi connectivity index (χ4n) is 1.20. The maximum atomic E-state index is 10.8. The lowest BCUT2D eigenvalue weighted by molar-refractivity contribution is -0.132. The third-order valence-electron chi connectivity index (χ3n) is 1.94. The van der Waals surface area contributed by atoms with Crippen molar-refractivity contribution in [1.29, 1.82) is 0 Å². The van der Waals surface area contributed by atoms with Gasteiger partial charge in [-0.25, -0.2) is 4.79 Å². The van der Waals surface area contributed by atoms with Crippen LogP contribution in [0.15, 0.2) is 48.6 Å². The standard InChI is InChI=1S/C12H12O3/c1-2-6-10(12(14)15)11(13)9-7-4-3-5-8-9/h2-5,7-8,13H,1,6H2,(H,14,15). The number of hydrogen-bond donors (Lipinski definition) is 2. The van der Waals surface area contributed by atoms with Gasteiger partial charge in [-0.2, -0.15) is 0 Å². The Morgan fingerprint density at radius 3 is 2.33 bits per heavy atom. The van der Waals surface area contributed by atoms with Crippen molar-refractivity contribution in [3.8, 4) is 0 Å². The number of rotatable bonds is 4. The lowest BCUT2D eigenvalue weighted by Gasteiger charge is -2.04. The van der Waals surface area contributed by atoms with Gasteiger partial charge in [-0.15, -0.1) is 6.58 Å². The molecule has 2 N–H and O–H groups in total. The molecule has 0 radical (unpaired) electrons. The summed E-state index contributed by atoms with van der Waals surface area (Å²) in [5, 5.41) is 18.6. The molecule has 0 spiro atoms. The first-order chi connectivity index (χ1) is 7.16. The summed E-state index contributed by atoms with van der Waals surface area (Å²) < 4.78 is 0. The van der Waals surface area contributed by atoms with Gasteiger partial charge < -0.3 is 10.2 Å². The van der Waals surface area contributed by atoms with Crippen LogP contribution in [0.4, 0.5) is 0 Å². The molecule has 1 aromatic rings. The summed E-state index contributed by atoms with van der Waals surface area (Å²) in [5.74, 6) is -1.33. The summed E-state index contributed by atoms with van der Waals surface area (Å²) in [5.41, 5.74) is 0.452. The molecule has 1 aromatic carbocycles. The minimum absolute atomic E-state index is 0.0452. The first-order valence-corrected chi connectivity index (χ1v) is 4.48. The number of aliphatic hydroxyl groups is 1. The highest BCUT2D eigenvalue weighted by molar-refractivity contribution is 5.94. The first-order valence-electron chi connectivity index (χ1n) is 4.48. The Balaban J connectivity index is 3.16. The highest BCUT2D eigenvalue weighted by atomic mass is 16.4. The number of carbonyl (C=O) groups is 1. The zero-order valence-electron chi connectivity index (χ0n) is 8.18. The summed E-state index contributed by atoms with van der Waals surface area (Å²) in [6.45, 7) is 3.45. The molecule has 3 nitrogen and oxygen atoms in total. The Morgan fingerprint density at radius 2 is 1.87 bits per heavy atom. The average Bonchev–Trinajstić information content (AvgIpc) is 2.26. The number of allylic oxidation sites excluding steroid dienone is 1.